The van der Waals surface area contributed by atoms with Crippen molar-refractivity contribution in [1.29, 1.82) is 0 Å². The average Bonchev–Trinajstić information content (AvgIpc) is 2.83. The van der Waals surface area contributed by atoms with Crippen LogP contribution in [0.15, 0.2) is 18.3 Å². The molecule has 21 heavy (non-hydrogen) atoms. The largest absolute Gasteiger partial charge is 0.468 e. The van der Waals surface area contributed by atoms with Crippen LogP contribution < -0.4 is 15.4 Å². The van der Waals surface area contributed by atoms with Crippen molar-refractivity contribution in [2.45, 2.75) is 25.6 Å². The topological polar surface area (TPSA) is 63.2 Å². The third-order valence-corrected chi connectivity index (χ3v) is 3.25. The summed E-state index contributed by atoms with van der Waals surface area (Å²) in [6.07, 6.45) is -2.37. The van der Waals surface area contributed by atoms with E-state index in [1.807, 2.05) is 6.92 Å². The number of alkyl halides is 3. The Bertz CT molecular complexity index is 490. The number of amides is 1. The summed E-state index contributed by atoms with van der Waals surface area (Å²) in [6, 6.07) is 2.86. The van der Waals surface area contributed by atoms with E-state index >= 15 is 0 Å². The van der Waals surface area contributed by atoms with Gasteiger partial charge in [0.2, 0.25) is 11.8 Å². The zero-order valence-corrected chi connectivity index (χ0v) is 11.4. The van der Waals surface area contributed by atoms with Crippen molar-refractivity contribution in [1.82, 2.24) is 10.3 Å². The first-order valence-electron chi connectivity index (χ1n) is 6.55. The summed E-state index contributed by atoms with van der Waals surface area (Å²) in [6.45, 7) is 1.34. The Morgan fingerprint density at radius 1 is 1.52 bits per heavy atom. The molecule has 0 saturated carbocycles. The second-order valence-corrected chi connectivity index (χ2v) is 4.92. The molecule has 0 radical (unpaired) electrons. The minimum Gasteiger partial charge on any atom is -0.468 e. The van der Waals surface area contributed by atoms with Gasteiger partial charge >= 0.3 is 6.18 Å². The lowest BCUT2D eigenvalue weighted by Crippen LogP contribution is -2.32. The summed E-state index contributed by atoms with van der Waals surface area (Å²) in [5.74, 6) is -0.384. The lowest BCUT2D eigenvalue weighted by atomic mass is 10.0. The highest BCUT2D eigenvalue weighted by Crippen LogP contribution is 2.20. The van der Waals surface area contributed by atoms with Crippen molar-refractivity contribution in [2.24, 2.45) is 5.92 Å². The van der Waals surface area contributed by atoms with E-state index in [0.717, 1.165) is 13.0 Å². The van der Waals surface area contributed by atoms with E-state index in [0.29, 0.717) is 5.69 Å². The predicted molar refractivity (Wildman–Crippen MR) is 70.0 cm³/mol. The molecule has 1 amide bonds. The van der Waals surface area contributed by atoms with E-state index < -0.39 is 12.8 Å². The minimum absolute atomic E-state index is 0.104. The highest BCUT2D eigenvalue weighted by Gasteiger charge is 2.30. The second kappa shape index (κ2) is 6.30. The highest BCUT2D eigenvalue weighted by molar-refractivity contribution is 5.93. The number of hydrogen-bond acceptors (Lipinski definition) is 4. The Hall–Kier alpha value is -1.83. The molecule has 1 aliphatic rings. The molecule has 0 aliphatic carbocycles. The molecule has 2 N–H and O–H groups in total. The van der Waals surface area contributed by atoms with Crippen molar-refractivity contribution >= 4 is 11.6 Å². The third-order valence-electron chi connectivity index (χ3n) is 3.25. The van der Waals surface area contributed by atoms with E-state index in [4.69, 9.17) is 0 Å². The molecule has 2 atom stereocenters. The van der Waals surface area contributed by atoms with E-state index in [1.165, 1.54) is 18.3 Å². The summed E-state index contributed by atoms with van der Waals surface area (Å²) >= 11 is 0. The highest BCUT2D eigenvalue weighted by atomic mass is 19.4. The number of pyridine rings is 1. The zero-order chi connectivity index (χ0) is 15.5. The number of aromatic nitrogens is 1. The van der Waals surface area contributed by atoms with Gasteiger partial charge in [0.1, 0.15) is 0 Å². The van der Waals surface area contributed by atoms with E-state index in [9.17, 15) is 18.0 Å². The number of nitrogens with zero attached hydrogens (tertiary/aromatic N) is 1. The van der Waals surface area contributed by atoms with Crippen LogP contribution in [0.2, 0.25) is 0 Å². The summed E-state index contributed by atoms with van der Waals surface area (Å²) in [5, 5.41) is 5.87. The van der Waals surface area contributed by atoms with Crippen LogP contribution in [0.3, 0.4) is 0 Å². The van der Waals surface area contributed by atoms with Crippen molar-refractivity contribution in [3.63, 3.8) is 0 Å². The Balaban J connectivity index is 1.89. The normalized spacial score (nSPS) is 22.1. The Labute approximate surface area is 119 Å². The van der Waals surface area contributed by atoms with Crippen LogP contribution in [0.5, 0.6) is 5.88 Å². The van der Waals surface area contributed by atoms with Gasteiger partial charge in [0.15, 0.2) is 6.61 Å². The summed E-state index contributed by atoms with van der Waals surface area (Å²) in [7, 11) is 0. The molecule has 2 rings (SSSR count). The quantitative estimate of drug-likeness (QED) is 0.892. The van der Waals surface area contributed by atoms with Crippen LogP contribution in [0.4, 0.5) is 18.9 Å². The first-order chi connectivity index (χ1) is 9.85. The average molecular weight is 303 g/mol. The minimum atomic E-state index is -4.40. The SMILES string of the molecule is CC1NCCC1C(=O)Nc1ccc(OCC(F)(F)F)nc1. The number of anilines is 1. The van der Waals surface area contributed by atoms with Crippen molar-refractivity contribution in [3.05, 3.63) is 18.3 Å². The molecule has 1 aromatic rings. The first kappa shape index (κ1) is 15.6. The summed E-state index contributed by atoms with van der Waals surface area (Å²) in [5.41, 5.74) is 0.429. The van der Waals surface area contributed by atoms with Gasteiger partial charge < -0.3 is 15.4 Å². The van der Waals surface area contributed by atoms with Gasteiger partial charge in [0.05, 0.1) is 17.8 Å². The molecule has 0 spiro atoms. The number of halogens is 3. The molecule has 116 valence electrons. The fourth-order valence-corrected chi connectivity index (χ4v) is 2.15. The van der Waals surface area contributed by atoms with Gasteiger partial charge in [-0.1, -0.05) is 0 Å². The summed E-state index contributed by atoms with van der Waals surface area (Å²) in [4.78, 5) is 15.7. The van der Waals surface area contributed by atoms with Gasteiger partial charge in [-0.15, -0.1) is 0 Å². The molecule has 2 unspecified atom stereocenters. The smallest absolute Gasteiger partial charge is 0.422 e. The van der Waals surface area contributed by atoms with Crippen molar-refractivity contribution in [2.75, 3.05) is 18.5 Å². The number of carbonyl (C=O) groups is 1. The fraction of sp³-hybridized carbons (Fsp3) is 0.538. The number of nitrogens with one attached hydrogen (secondary N) is 2. The van der Waals surface area contributed by atoms with Crippen LogP contribution in [0, 0.1) is 5.92 Å². The number of carbonyl (C=O) groups excluding carboxylic acids is 1. The van der Waals surface area contributed by atoms with Gasteiger partial charge in [-0.2, -0.15) is 13.2 Å². The maximum atomic E-state index is 12.0. The van der Waals surface area contributed by atoms with Crippen LogP contribution in [-0.2, 0) is 4.79 Å². The van der Waals surface area contributed by atoms with Crippen molar-refractivity contribution < 1.29 is 22.7 Å². The van der Waals surface area contributed by atoms with Crippen molar-refractivity contribution in [3.8, 4) is 5.88 Å². The van der Waals surface area contributed by atoms with Gasteiger partial charge in [0, 0.05) is 12.1 Å². The molecule has 0 aromatic carbocycles. The van der Waals surface area contributed by atoms with Crippen LogP contribution >= 0.6 is 0 Å². The zero-order valence-electron chi connectivity index (χ0n) is 11.4. The predicted octanol–water partition coefficient (Wildman–Crippen LogP) is 1.96. The van der Waals surface area contributed by atoms with Crippen LogP contribution in [-0.4, -0.2) is 36.3 Å². The lowest BCUT2D eigenvalue weighted by Gasteiger charge is -2.15. The molecular formula is C13H16F3N3O2. The molecular weight excluding hydrogens is 287 g/mol. The molecule has 5 nitrogen and oxygen atoms in total. The van der Waals surface area contributed by atoms with E-state index in [1.54, 1.807) is 0 Å². The number of hydrogen-bond donors (Lipinski definition) is 2. The first-order valence-corrected chi connectivity index (χ1v) is 6.55. The fourth-order valence-electron chi connectivity index (χ4n) is 2.15. The van der Waals surface area contributed by atoms with E-state index in [-0.39, 0.29) is 23.7 Å². The summed E-state index contributed by atoms with van der Waals surface area (Å²) < 4.78 is 40.4. The lowest BCUT2D eigenvalue weighted by molar-refractivity contribution is -0.154. The maximum absolute atomic E-state index is 12.0. The van der Waals surface area contributed by atoms with Gasteiger partial charge in [-0.3, -0.25) is 4.79 Å². The van der Waals surface area contributed by atoms with Crippen LogP contribution in [0.25, 0.3) is 0 Å². The Kier molecular flexibility index (Phi) is 4.66. The van der Waals surface area contributed by atoms with Crippen LogP contribution in [0.1, 0.15) is 13.3 Å². The Morgan fingerprint density at radius 2 is 2.29 bits per heavy atom. The second-order valence-electron chi connectivity index (χ2n) is 4.92. The third kappa shape index (κ3) is 4.59. The molecule has 1 fully saturated rings. The standard InChI is InChI=1S/C13H16F3N3O2/c1-8-10(4-5-17-8)12(20)19-9-2-3-11(18-6-9)21-7-13(14,15)16/h2-3,6,8,10,17H,4-5,7H2,1H3,(H,19,20). The maximum Gasteiger partial charge on any atom is 0.422 e. The van der Waals surface area contributed by atoms with Gasteiger partial charge in [-0.25, -0.2) is 4.98 Å². The number of rotatable bonds is 4. The molecule has 8 heteroatoms. The van der Waals surface area contributed by atoms with Gasteiger partial charge in [-0.05, 0) is 26.0 Å². The molecule has 1 aromatic heterocycles. The van der Waals surface area contributed by atoms with E-state index in [2.05, 4.69) is 20.4 Å². The number of ether oxygens (including phenoxy) is 1. The molecule has 0 bridgehead atoms. The van der Waals surface area contributed by atoms with Gasteiger partial charge in [0.25, 0.3) is 0 Å². The monoisotopic (exact) mass is 303 g/mol. The molecule has 1 saturated heterocycles. The molecule has 2 heterocycles. The molecule has 1 aliphatic heterocycles. The Morgan fingerprint density at radius 3 is 2.81 bits per heavy atom.